The lowest BCUT2D eigenvalue weighted by molar-refractivity contribution is -0.119. The van der Waals surface area contributed by atoms with Crippen molar-refractivity contribution in [1.29, 1.82) is 0 Å². The van der Waals surface area contributed by atoms with Crippen LogP contribution < -0.4 is 5.32 Å². The average Bonchev–Trinajstić information content (AvgIpc) is 3.55. The molecule has 3 aromatic carbocycles. The Bertz CT molecular complexity index is 1750. The van der Waals surface area contributed by atoms with E-state index in [1.807, 2.05) is 48.5 Å². The molecule has 2 heterocycles. The molecule has 0 radical (unpaired) electrons. The zero-order valence-electron chi connectivity index (χ0n) is 22.0. The molecule has 0 spiro atoms. The Morgan fingerprint density at radius 2 is 1.85 bits per heavy atom. The SMILES string of the molecule is COC(=O)c1c(NC(=O)COC(=O)c2cccc3cccc(-c4nc5ccccc5o4)c23)sc2c1CCC(C)C2. The van der Waals surface area contributed by atoms with E-state index in [1.165, 1.54) is 18.4 Å². The number of carbonyl (C=O) groups is 3. The number of amides is 1. The maximum Gasteiger partial charge on any atom is 0.341 e. The highest BCUT2D eigenvalue weighted by atomic mass is 32.1. The molecule has 2 aromatic heterocycles. The third-order valence-electron chi connectivity index (χ3n) is 7.14. The van der Waals surface area contributed by atoms with Gasteiger partial charge in [0.25, 0.3) is 5.91 Å². The molecule has 5 aromatic rings. The van der Waals surface area contributed by atoms with Crippen LogP contribution in [0.2, 0.25) is 0 Å². The lowest BCUT2D eigenvalue weighted by Gasteiger charge is -2.18. The Labute approximate surface area is 233 Å². The molecule has 1 N–H and O–H groups in total. The van der Waals surface area contributed by atoms with E-state index in [9.17, 15) is 14.4 Å². The standard InChI is InChI=1S/C31H26N2O6S/c1-17-13-14-19-24(15-17)40-29(27(19)31(36)37-2)33-25(34)16-38-30(35)21-10-6-8-18-7-5-9-20(26(18)21)28-32-22-11-3-4-12-23(22)39-28/h3-12,17H,13-16H2,1-2H3,(H,33,34). The lowest BCUT2D eigenvalue weighted by atomic mass is 9.88. The number of hydrogen-bond acceptors (Lipinski definition) is 8. The highest BCUT2D eigenvalue weighted by molar-refractivity contribution is 7.17. The van der Waals surface area contributed by atoms with Gasteiger partial charge >= 0.3 is 11.9 Å². The predicted octanol–water partition coefficient (Wildman–Crippen LogP) is 6.42. The number of carbonyl (C=O) groups excluding carboxylic acids is 3. The maximum atomic E-state index is 13.3. The molecule has 0 fully saturated rings. The molecule has 1 aliphatic rings. The van der Waals surface area contributed by atoms with Gasteiger partial charge in [0, 0.05) is 15.8 Å². The van der Waals surface area contributed by atoms with Gasteiger partial charge < -0.3 is 19.2 Å². The van der Waals surface area contributed by atoms with Crippen molar-refractivity contribution in [3.05, 3.63) is 82.2 Å². The summed E-state index contributed by atoms with van der Waals surface area (Å²) in [5.41, 5.74) is 3.62. The highest BCUT2D eigenvalue weighted by Gasteiger charge is 2.29. The third-order valence-corrected chi connectivity index (χ3v) is 8.31. The van der Waals surface area contributed by atoms with E-state index >= 15 is 0 Å². The molecule has 1 atom stereocenters. The molecule has 0 aliphatic heterocycles. The fraction of sp³-hybridized carbons (Fsp3) is 0.226. The van der Waals surface area contributed by atoms with Crippen LogP contribution in [0.25, 0.3) is 33.3 Å². The van der Waals surface area contributed by atoms with Gasteiger partial charge in [-0.25, -0.2) is 14.6 Å². The Hall–Kier alpha value is -4.50. The molecule has 40 heavy (non-hydrogen) atoms. The first-order valence-electron chi connectivity index (χ1n) is 13.0. The fourth-order valence-electron chi connectivity index (χ4n) is 5.21. The first kappa shape index (κ1) is 25.8. The van der Waals surface area contributed by atoms with Gasteiger partial charge in [0.05, 0.1) is 18.2 Å². The largest absolute Gasteiger partial charge is 0.465 e. The Kier molecular flexibility index (Phi) is 6.81. The summed E-state index contributed by atoms with van der Waals surface area (Å²) in [5.74, 6) is -0.791. The molecule has 1 aliphatic carbocycles. The number of nitrogens with one attached hydrogen (secondary N) is 1. The highest BCUT2D eigenvalue weighted by Crippen LogP contribution is 2.40. The molecule has 1 amide bonds. The number of rotatable bonds is 6. The zero-order valence-corrected chi connectivity index (χ0v) is 22.8. The van der Waals surface area contributed by atoms with Gasteiger partial charge in [0.2, 0.25) is 5.89 Å². The summed E-state index contributed by atoms with van der Waals surface area (Å²) in [6, 6.07) is 18.3. The summed E-state index contributed by atoms with van der Waals surface area (Å²) in [4.78, 5) is 44.4. The van der Waals surface area contributed by atoms with Crippen molar-refractivity contribution in [3.63, 3.8) is 0 Å². The minimum absolute atomic E-state index is 0.291. The second kappa shape index (κ2) is 10.6. The number of aromatic nitrogens is 1. The van der Waals surface area contributed by atoms with Gasteiger partial charge in [-0.1, -0.05) is 43.3 Å². The molecule has 6 rings (SSSR count). The number of benzene rings is 3. The third kappa shape index (κ3) is 4.73. The molecular formula is C31H26N2O6S. The number of fused-ring (bicyclic) bond motifs is 3. The summed E-state index contributed by atoms with van der Waals surface area (Å²) in [7, 11) is 1.32. The zero-order chi connectivity index (χ0) is 27.8. The van der Waals surface area contributed by atoms with E-state index in [2.05, 4.69) is 17.2 Å². The van der Waals surface area contributed by atoms with E-state index in [-0.39, 0.29) is 0 Å². The molecule has 202 valence electrons. The topological polar surface area (TPSA) is 108 Å². The minimum atomic E-state index is -0.656. The van der Waals surface area contributed by atoms with Gasteiger partial charge in [-0.05, 0) is 60.4 Å². The number of methoxy groups -OCH3 is 1. The first-order chi connectivity index (χ1) is 19.4. The molecule has 8 nitrogen and oxygen atoms in total. The number of ether oxygens (including phenoxy) is 2. The number of hydrogen-bond donors (Lipinski definition) is 1. The van der Waals surface area contributed by atoms with Crippen molar-refractivity contribution in [3.8, 4) is 11.5 Å². The summed E-state index contributed by atoms with van der Waals surface area (Å²) >= 11 is 1.38. The van der Waals surface area contributed by atoms with Crippen molar-refractivity contribution < 1.29 is 28.3 Å². The number of oxazole rings is 1. The molecule has 9 heteroatoms. The second-order valence-electron chi connectivity index (χ2n) is 9.87. The van der Waals surface area contributed by atoms with Crippen LogP contribution in [0.4, 0.5) is 5.00 Å². The van der Waals surface area contributed by atoms with Gasteiger partial charge in [0.1, 0.15) is 10.5 Å². The van der Waals surface area contributed by atoms with E-state index < -0.39 is 24.5 Å². The van der Waals surface area contributed by atoms with Crippen LogP contribution in [-0.2, 0) is 27.1 Å². The van der Waals surface area contributed by atoms with Crippen LogP contribution in [-0.4, -0.2) is 36.5 Å². The normalized spacial score (nSPS) is 14.6. The van der Waals surface area contributed by atoms with Crippen LogP contribution in [0.3, 0.4) is 0 Å². The van der Waals surface area contributed by atoms with Crippen molar-refractivity contribution in [2.75, 3.05) is 19.0 Å². The number of thiophene rings is 1. The second-order valence-corrected chi connectivity index (χ2v) is 11.0. The van der Waals surface area contributed by atoms with E-state index in [1.54, 1.807) is 12.1 Å². The minimum Gasteiger partial charge on any atom is -0.465 e. The van der Waals surface area contributed by atoms with Crippen LogP contribution >= 0.6 is 11.3 Å². The molecule has 0 saturated heterocycles. The van der Waals surface area contributed by atoms with Crippen LogP contribution in [0, 0.1) is 5.92 Å². The van der Waals surface area contributed by atoms with Crippen LogP contribution in [0.5, 0.6) is 0 Å². The van der Waals surface area contributed by atoms with Gasteiger partial charge in [-0.15, -0.1) is 11.3 Å². The Morgan fingerprint density at radius 3 is 2.65 bits per heavy atom. The van der Waals surface area contributed by atoms with Gasteiger partial charge in [-0.2, -0.15) is 0 Å². The summed E-state index contributed by atoms with van der Waals surface area (Å²) in [6.45, 7) is 1.65. The Morgan fingerprint density at radius 1 is 1.05 bits per heavy atom. The molecular weight excluding hydrogens is 528 g/mol. The van der Waals surface area contributed by atoms with Crippen molar-refractivity contribution in [2.45, 2.75) is 26.2 Å². The van der Waals surface area contributed by atoms with Crippen molar-refractivity contribution >= 4 is 56.1 Å². The summed E-state index contributed by atoms with van der Waals surface area (Å²) in [6.07, 6.45) is 2.57. The monoisotopic (exact) mass is 554 g/mol. The average molecular weight is 555 g/mol. The smallest absolute Gasteiger partial charge is 0.341 e. The van der Waals surface area contributed by atoms with Gasteiger partial charge in [0.15, 0.2) is 12.2 Å². The fourth-order valence-corrected chi connectivity index (χ4v) is 6.62. The number of anilines is 1. The number of para-hydroxylation sites is 2. The van der Waals surface area contributed by atoms with Crippen molar-refractivity contribution in [2.24, 2.45) is 5.92 Å². The molecule has 0 bridgehead atoms. The van der Waals surface area contributed by atoms with Crippen molar-refractivity contribution in [1.82, 2.24) is 4.98 Å². The summed E-state index contributed by atoms with van der Waals surface area (Å²) < 4.78 is 16.4. The molecule has 0 saturated carbocycles. The van der Waals surface area contributed by atoms with Gasteiger partial charge in [-0.3, -0.25) is 4.79 Å². The van der Waals surface area contributed by atoms with Crippen LogP contribution in [0.15, 0.2) is 65.1 Å². The lowest BCUT2D eigenvalue weighted by Crippen LogP contribution is -2.22. The molecule has 1 unspecified atom stereocenters. The predicted molar refractivity (Wildman–Crippen MR) is 153 cm³/mol. The maximum absolute atomic E-state index is 13.3. The first-order valence-corrected chi connectivity index (χ1v) is 13.8. The van der Waals surface area contributed by atoms with E-state index in [4.69, 9.17) is 13.9 Å². The van der Waals surface area contributed by atoms with E-state index in [0.29, 0.717) is 50.0 Å². The number of nitrogens with zero attached hydrogens (tertiary/aromatic N) is 1. The van der Waals surface area contributed by atoms with E-state index in [0.717, 1.165) is 35.1 Å². The van der Waals surface area contributed by atoms with Crippen LogP contribution in [0.1, 0.15) is 44.5 Å². The Balaban J connectivity index is 1.24. The quantitative estimate of drug-likeness (QED) is 0.241. The summed E-state index contributed by atoms with van der Waals surface area (Å²) in [5, 5.41) is 4.62. The number of esters is 2.